The molecule has 0 spiro atoms. The van der Waals surface area contributed by atoms with E-state index in [-0.39, 0.29) is 11.5 Å². The monoisotopic (exact) mass is 369 g/mol. The van der Waals surface area contributed by atoms with Gasteiger partial charge in [-0.15, -0.1) is 5.10 Å². The molecule has 0 radical (unpaired) electrons. The van der Waals surface area contributed by atoms with Gasteiger partial charge in [0, 0.05) is 30.5 Å². The quantitative estimate of drug-likeness (QED) is 0.701. The maximum absolute atomic E-state index is 11.7. The van der Waals surface area contributed by atoms with E-state index in [0.29, 0.717) is 30.6 Å². The number of aryl methyl sites for hydroxylation is 1. The van der Waals surface area contributed by atoms with Crippen LogP contribution in [0, 0.1) is 6.92 Å². The average molecular weight is 369 g/mol. The van der Waals surface area contributed by atoms with Crippen molar-refractivity contribution in [2.45, 2.75) is 6.92 Å². The lowest BCUT2D eigenvalue weighted by Crippen LogP contribution is -2.40. The van der Waals surface area contributed by atoms with E-state index >= 15 is 0 Å². The van der Waals surface area contributed by atoms with Crippen molar-refractivity contribution in [1.82, 2.24) is 19.7 Å². The predicted octanol–water partition coefficient (Wildman–Crippen LogP) is 1.87. The van der Waals surface area contributed by atoms with Crippen molar-refractivity contribution in [3.05, 3.63) is 54.5 Å². The fraction of sp³-hybridized carbons (Fsp3) is 0.278. The zero-order valence-electron chi connectivity index (χ0n) is 14.4. The Bertz CT molecular complexity index is 1020. The van der Waals surface area contributed by atoms with Gasteiger partial charge < -0.3 is 4.90 Å². The zero-order valence-corrected chi connectivity index (χ0v) is 15.2. The number of sulfone groups is 1. The first-order chi connectivity index (χ1) is 12.5. The van der Waals surface area contributed by atoms with Crippen molar-refractivity contribution in [2.24, 2.45) is 0 Å². The van der Waals surface area contributed by atoms with E-state index in [0.717, 1.165) is 11.3 Å². The van der Waals surface area contributed by atoms with Gasteiger partial charge in [0.05, 0.1) is 11.5 Å². The van der Waals surface area contributed by atoms with Crippen molar-refractivity contribution in [2.75, 3.05) is 29.5 Å². The lowest BCUT2D eigenvalue weighted by molar-refractivity contribution is 0.587. The van der Waals surface area contributed by atoms with E-state index in [2.05, 4.69) is 20.0 Å². The van der Waals surface area contributed by atoms with Crippen molar-refractivity contribution in [3.8, 4) is 17.2 Å². The van der Waals surface area contributed by atoms with Gasteiger partial charge in [0.15, 0.2) is 21.5 Å². The third-order valence-electron chi connectivity index (χ3n) is 4.39. The normalized spacial score (nSPS) is 16.6. The summed E-state index contributed by atoms with van der Waals surface area (Å²) in [4.78, 5) is 11.0. The number of anilines is 1. The number of hydrogen-bond acceptors (Lipinski definition) is 6. The zero-order chi connectivity index (χ0) is 18.1. The molecule has 0 N–H and O–H groups in total. The molecule has 1 fully saturated rings. The molecular weight excluding hydrogens is 350 g/mol. The molecule has 0 aliphatic carbocycles. The minimum Gasteiger partial charge on any atom is -0.369 e. The number of benzene rings is 1. The first kappa shape index (κ1) is 16.7. The van der Waals surface area contributed by atoms with Crippen LogP contribution in [0.1, 0.15) is 5.82 Å². The molecule has 26 heavy (non-hydrogen) atoms. The van der Waals surface area contributed by atoms with Gasteiger partial charge in [0.25, 0.3) is 0 Å². The van der Waals surface area contributed by atoms with E-state index in [1.807, 2.05) is 49.4 Å². The Morgan fingerprint density at radius 1 is 1.04 bits per heavy atom. The summed E-state index contributed by atoms with van der Waals surface area (Å²) in [5.74, 6) is 2.48. The van der Waals surface area contributed by atoms with Crippen LogP contribution in [0.3, 0.4) is 0 Å². The fourth-order valence-electron chi connectivity index (χ4n) is 3.05. The Hall–Kier alpha value is -2.74. The summed E-state index contributed by atoms with van der Waals surface area (Å²) in [7, 11) is -2.90. The highest BCUT2D eigenvalue weighted by Crippen LogP contribution is 2.26. The number of aromatic nitrogens is 4. The first-order valence-corrected chi connectivity index (χ1v) is 10.2. The number of nitrogens with zero attached hydrogens (tertiary/aromatic N) is 5. The number of pyridine rings is 1. The lowest BCUT2D eigenvalue weighted by atomic mass is 10.1. The summed E-state index contributed by atoms with van der Waals surface area (Å²) in [6.07, 6.45) is 1.72. The summed E-state index contributed by atoms with van der Waals surface area (Å²) < 4.78 is 25.1. The molecule has 1 aliphatic rings. The lowest BCUT2D eigenvalue weighted by Gasteiger charge is -2.29. The Morgan fingerprint density at radius 3 is 2.58 bits per heavy atom. The Labute approximate surface area is 152 Å². The van der Waals surface area contributed by atoms with Crippen LogP contribution in [-0.2, 0) is 9.84 Å². The molecule has 1 aromatic carbocycles. The molecule has 0 atom stereocenters. The number of rotatable bonds is 3. The highest BCUT2D eigenvalue weighted by atomic mass is 32.2. The van der Waals surface area contributed by atoms with Gasteiger partial charge in [0.1, 0.15) is 5.82 Å². The molecule has 0 unspecified atom stereocenters. The summed E-state index contributed by atoms with van der Waals surface area (Å²) in [6.45, 7) is 2.87. The van der Waals surface area contributed by atoms with Gasteiger partial charge in [0.2, 0.25) is 0 Å². The molecule has 4 rings (SSSR count). The van der Waals surface area contributed by atoms with Crippen molar-refractivity contribution >= 4 is 15.5 Å². The van der Waals surface area contributed by atoms with Gasteiger partial charge in [-0.2, -0.15) is 4.68 Å². The van der Waals surface area contributed by atoms with E-state index in [1.165, 1.54) is 0 Å². The molecule has 0 amide bonds. The topological polar surface area (TPSA) is 81.0 Å². The standard InChI is InChI=1S/C18H19N5O2S/c1-14-20-18(23(21-14)17-7-2-3-8-19-17)15-5-4-6-16(13-15)22-9-11-26(24,25)12-10-22/h2-8,13H,9-12H2,1H3. The highest BCUT2D eigenvalue weighted by Gasteiger charge is 2.22. The number of hydrogen-bond donors (Lipinski definition) is 0. The SMILES string of the molecule is Cc1nc(-c2cccc(N3CCS(=O)(=O)CC3)c2)n(-c2ccccn2)n1. The maximum Gasteiger partial charge on any atom is 0.165 e. The Balaban J connectivity index is 1.70. The van der Waals surface area contributed by atoms with Crippen molar-refractivity contribution in [1.29, 1.82) is 0 Å². The molecule has 134 valence electrons. The Kier molecular flexibility index (Phi) is 4.20. The average Bonchev–Trinajstić information content (AvgIpc) is 3.04. The molecule has 0 saturated carbocycles. The molecule has 0 bridgehead atoms. The third-order valence-corrected chi connectivity index (χ3v) is 6.00. The largest absolute Gasteiger partial charge is 0.369 e. The van der Waals surface area contributed by atoms with Gasteiger partial charge in [-0.1, -0.05) is 18.2 Å². The second-order valence-corrected chi connectivity index (χ2v) is 8.58. The smallest absolute Gasteiger partial charge is 0.165 e. The molecule has 1 saturated heterocycles. The first-order valence-electron chi connectivity index (χ1n) is 8.43. The van der Waals surface area contributed by atoms with Crippen molar-refractivity contribution in [3.63, 3.8) is 0 Å². The second-order valence-electron chi connectivity index (χ2n) is 6.27. The molecule has 1 aliphatic heterocycles. The highest BCUT2D eigenvalue weighted by molar-refractivity contribution is 7.91. The van der Waals surface area contributed by atoms with Crippen molar-refractivity contribution < 1.29 is 8.42 Å². The van der Waals surface area contributed by atoms with Gasteiger partial charge >= 0.3 is 0 Å². The second kappa shape index (κ2) is 6.53. The third kappa shape index (κ3) is 3.32. The molecule has 3 heterocycles. The van der Waals surface area contributed by atoms with Crippen LogP contribution in [-0.4, -0.2) is 52.8 Å². The van der Waals surface area contributed by atoms with Gasteiger partial charge in [-0.25, -0.2) is 18.4 Å². The summed E-state index contributed by atoms with van der Waals surface area (Å²) in [5.41, 5.74) is 1.91. The molecule has 2 aromatic heterocycles. The summed E-state index contributed by atoms with van der Waals surface area (Å²) in [6, 6.07) is 13.6. The van der Waals surface area contributed by atoms with Crippen LogP contribution >= 0.6 is 0 Å². The fourth-order valence-corrected chi connectivity index (χ4v) is 4.25. The van der Waals surface area contributed by atoms with Gasteiger partial charge in [-0.3, -0.25) is 0 Å². The molecule has 8 heteroatoms. The minimum atomic E-state index is -2.90. The Morgan fingerprint density at radius 2 is 1.85 bits per heavy atom. The van der Waals surface area contributed by atoms with E-state index in [4.69, 9.17) is 0 Å². The van der Waals surface area contributed by atoms with Crippen LogP contribution in [0.4, 0.5) is 5.69 Å². The summed E-state index contributed by atoms with van der Waals surface area (Å²) in [5, 5.41) is 4.47. The predicted molar refractivity (Wildman–Crippen MR) is 100 cm³/mol. The molecule has 3 aromatic rings. The van der Waals surface area contributed by atoms with Crippen LogP contribution < -0.4 is 4.90 Å². The van der Waals surface area contributed by atoms with E-state index in [9.17, 15) is 8.42 Å². The molecule has 7 nitrogen and oxygen atoms in total. The maximum atomic E-state index is 11.7. The van der Waals surface area contributed by atoms with Crippen LogP contribution in [0.5, 0.6) is 0 Å². The van der Waals surface area contributed by atoms with Gasteiger partial charge in [-0.05, 0) is 31.2 Å². The molecular formula is C18H19N5O2S. The van der Waals surface area contributed by atoms with Crippen LogP contribution in [0.2, 0.25) is 0 Å². The minimum absolute atomic E-state index is 0.195. The van der Waals surface area contributed by atoms with E-state index < -0.39 is 9.84 Å². The summed E-state index contributed by atoms with van der Waals surface area (Å²) >= 11 is 0. The van der Waals surface area contributed by atoms with Crippen LogP contribution in [0.25, 0.3) is 17.2 Å². The van der Waals surface area contributed by atoms with Crippen LogP contribution in [0.15, 0.2) is 48.7 Å². The van der Waals surface area contributed by atoms with E-state index in [1.54, 1.807) is 10.9 Å².